The zero-order valence-electron chi connectivity index (χ0n) is 11.8. The first-order chi connectivity index (χ1) is 10.1. The summed E-state index contributed by atoms with van der Waals surface area (Å²) in [5.74, 6) is -0.258. The van der Waals surface area contributed by atoms with Gasteiger partial charge < -0.3 is 10.2 Å². The zero-order valence-corrected chi connectivity index (χ0v) is 11.8. The summed E-state index contributed by atoms with van der Waals surface area (Å²) in [6.07, 6.45) is 3.18. The SMILES string of the molecule is O=C(CCc1ccccc1F)NC1CC(=O)N(C2CC2)C1. The van der Waals surface area contributed by atoms with Crippen LogP contribution in [0.2, 0.25) is 0 Å². The fraction of sp³-hybridized carbons (Fsp3) is 0.500. The van der Waals surface area contributed by atoms with Crippen LogP contribution in [0.1, 0.15) is 31.2 Å². The molecule has 5 heteroatoms. The number of aryl methyl sites for hydroxylation is 1. The highest BCUT2D eigenvalue weighted by molar-refractivity contribution is 5.82. The van der Waals surface area contributed by atoms with Gasteiger partial charge in [0.25, 0.3) is 0 Å². The number of nitrogens with one attached hydrogen (secondary N) is 1. The first-order valence-corrected chi connectivity index (χ1v) is 7.45. The van der Waals surface area contributed by atoms with Gasteiger partial charge in [0.1, 0.15) is 5.82 Å². The molecule has 1 atom stereocenters. The molecule has 2 fully saturated rings. The third-order valence-corrected chi connectivity index (χ3v) is 4.09. The molecule has 21 heavy (non-hydrogen) atoms. The molecule has 0 bridgehead atoms. The van der Waals surface area contributed by atoms with Crippen molar-refractivity contribution in [3.8, 4) is 0 Å². The van der Waals surface area contributed by atoms with Crippen molar-refractivity contribution in [2.24, 2.45) is 0 Å². The van der Waals surface area contributed by atoms with Gasteiger partial charge in [-0.2, -0.15) is 0 Å². The molecule has 2 aliphatic rings. The predicted octanol–water partition coefficient (Wildman–Crippen LogP) is 1.64. The fourth-order valence-electron chi connectivity index (χ4n) is 2.82. The lowest BCUT2D eigenvalue weighted by Gasteiger charge is -2.16. The smallest absolute Gasteiger partial charge is 0.225 e. The number of amides is 2. The first-order valence-electron chi connectivity index (χ1n) is 7.45. The van der Waals surface area contributed by atoms with Gasteiger partial charge in [-0.25, -0.2) is 4.39 Å². The van der Waals surface area contributed by atoms with E-state index in [1.807, 2.05) is 4.90 Å². The normalized spacial score (nSPS) is 21.7. The minimum atomic E-state index is -0.277. The largest absolute Gasteiger partial charge is 0.351 e. The molecule has 0 spiro atoms. The molecule has 3 rings (SSSR count). The molecule has 1 unspecified atom stereocenters. The lowest BCUT2D eigenvalue weighted by molar-refractivity contribution is -0.128. The quantitative estimate of drug-likeness (QED) is 0.896. The number of rotatable bonds is 5. The van der Waals surface area contributed by atoms with Crippen LogP contribution in [0.15, 0.2) is 24.3 Å². The number of hydrogen-bond donors (Lipinski definition) is 1. The molecule has 1 saturated carbocycles. The number of nitrogens with zero attached hydrogens (tertiary/aromatic N) is 1. The molecule has 2 amide bonds. The third-order valence-electron chi connectivity index (χ3n) is 4.09. The molecule has 4 nitrogen and oxygen atoms in total. The lowest BCUT2D eigenvalue weighted by atomic mass is 10.1. The van der Waals surface area contributed by atoms with Gasteiger partial charge in [-0.1, -0.05) is 18.2 Å². The van der Waals surface area contributed by atoms with Gasteiger partial charge in [0.05, 0.1) is 6.04 Å². The second-order valence-corrected chi connectivity index (χ2v) is 5.84. The van der Waals surface area contributed by atoms with Crippen LogP contribution >= 0.6 is 0 Å². The summed E-state index contributed by atoms with van der Waals surface area (Å²) < 4.78 is 13.5. The molecule has 112 valence electrons. The topological polar surface area (TPSA) is 49.4 Å². The average Bonchev–Trinajstić information content (AvgIpc) is 3.23. The number of carbonyl (C=O) groups excluding carboxylic acids is 2. The van der Waals surface area contributed by atoms with E-state index in [1.54, 1.807) is 18.2 Å². The van der Waals surface area contributed by atoms with Gasteiger partial charge in [0.2, 0.25) is 11.8 Å². The Morgan fingerprint density at radius 2 is 2.10 bits per heavy atom. The Bertz CT molecular complexity index is 557. The Kier molecular flexibility index (Phi) is 3.90. The van der Waals surface area contributed by atoms with E-state index in [2.05, 4.69) is 5.32 Å². The number of halogens is 1. The monoisotopic (exact) mass is 290 g/mol. The third kappa shape index (κ3) is 3.40. The molecular weight excluding hydrogens is 271 g/mol. The summed E-state index contributed by atoms with van der Waals surface area (Å²) in [5, 5.41) is 2.89. The Balaban J connectivity index is 1.46. The van der Waals surface area contributed by atoms with Crippen molar-refractivity contribution in [3.05, 3.63) is 35.6 Å². The molecule has 0 radical (unpaired) electrons. The summed E-state index contributed by atoms with van der Waals surface area (Å²) in [7, 11) is 0. The maximum Gasteiger partial charge on any atom is 0.225 e. The standard InChI is InChI=1S/C16H19FN2O2/c17-14-4-2-1-3-11(14)5-8-15(20)18-12-9-16(21)19(10-12)13-6-7-13/h1-4,12-13H,5-10H2,(H,18,20). The van der Waals surface area contributed by atoms with Gasteiger partial charge in [-0.15, -0.1) is 0 Å². The highest BCUT2D eigenvalue weighted by atomic mass is 19.1. The van der Waals surface area contributed by atoms with Gasteiger partial charge >= 0.3 is 0 Å². The summed E-state index contributed by atoms with van der Waals surface area (Å²) in [4.78, 5) is 25.6. The van der Waals surface area contributed by atoms with Gasteiger partial charge in [-0.3, -0.25) is 9.59 Å². The van der Waals surface area contributed by atoms with Crippen molar-refractivity contribution < 1.29 is 14.0 Å². The predicted molar refractivity (Wildman–Crippen MR) is 76.0 cm³/mol. The van der Waals surface area contributed by atoms with Crippen LogP contribution in [0.3, 0.4) is 0 Å². The zero-order chi connectivity index (χ0) is 14.8. The molecule has 1 aliphatic heterocycles. The maximum absolute atomic E-state index is 13.5. The van der Waals surface area contributed by atoms with E-state index in [9.17, 15) is 14.0 Å². The van der Waals surface area contributed by atoms with Crippen LogP contribution in [-0.2, 0) is 16.0 Å². The lowest BCUT2D eigenvalue weighted by Crippen LogP contribution is -2.37. The van der Waals surface area contributed by atoms with Crippen molar-refractivity contribution in [1.82, 2.24) is 10.2 Å². The molecule has 1 heterocycles. The average molecular weight is 290 g/mol. The molecule has 1 saturated heterocycles. The van der Waals surface area contributed by atoms with Crippen LogP contribution in [0.5, 0.6) is 0 Å². The van der Waals surface area contributed by atoms with Crippen molar-refractivity contribution in [1.29, 1.82) is 0 Å². The molecule has 1 aromatic rings. The highest BCUT2D eigenvalue weighted by Crippen LogP contribution is 2.30. The van der Waals surface area contributed by atoms with E-state index in [1.165, 1.54) is 6.07 Å². The van der Waals surface area contributed by atoms with Crippen molar-refractivity contribution >= 4 is 11.8 Å². The van der Waals surface area contributed by atoms with Crippen LogP contribution in [0.4, 0.5) is 4.39 Å². The highest BCUT2D eigenvalue weighted by Gasteiger charge is 2.39. The molecule has 0 aromatic heterocycles. The van der Waals surface area contributed by atoms with Crippen LogP contribution < -0.4 is 5.32 Å². The van der Waals surface area contributed by atoms with Gasteiger partial charge in [0.15, 0.2) is 0 Å². The van der Waals surface area contributed by atoms with Crippen LogP contribution in [-0.4, -0.2) is 35.3 Å². The van der Waals surface area contributed by atoms with Gasteiger partial charge in [-0.05, 0) is 30.9 Å². The Hall–Kier alpha value is -1.91. The Labute approximate surface area is 123 Å². The minimum Gasteiger partial charge on any atom is -0.351 e. The van der Waals surface area contributed by atoms with Crippen LogP contribution in [0.25, 0.3) is 0 Å². The first kappa shape index (κ1) is 14.0. The fourth-order valence-corrected chi connectivity index (χ4v) is 2.82. The molecular formula is C16H19FN2O2. The molecule has 1 aliphatic carbocycles. The van der Waals surface area contributed by atoms with E-state index in [0.29, 0.717) is 31.0 Å². The van der Waals surface area contributed by atoms with E-state index in [-0.39, 0.29) is 30.1 Å². The van der Waals surface area contributed by atoms with E-state index < -0.39 is 0 Å². The second kappa shape index (κ2) is 5.84. The molecule has 1 aromatic carbocycles. The number of likely N-dealkylation sites (tertiary alicyclic amines) is 1. The molecule has 1 N–H and O–H groups in total. The van der Waals surface area contributed by atoms with Crippen molar-refractivity contribution in [2.45, 2.75) is 44.2 Å². The van der Waals surface area contributed by atoms with E-state index in [4.69, 9.17) is 0 Å². The van der Waals surface area contributed by atoms with E-state index in [0.717, 1.165) is 12.8 Å². The summed E-state index contributed by atoms with van der Waals surface area (Å²) in [6, 6.07) is 6.80. The summed E-state index contributed by atoms with van der Waals surface area (Å²) in [6.45, 7) is 0.620. The van der Waals surface area contributed by atoms with Crippen LogP contribution in [0, 0.1) is 5.82 Å². The second-order valence-electron chi connectivity index (χ2n) is 5.84. The van der Waals surface area contributed by atoms with Gasteiger partial charge in [0, 0.05) is 25.4 Å². The van der Waals surface area contributed by atoms with Crippen molar-refractivity contribution in [3.63, 3.8) is 0 Å². The Morgan fingerprint density at radius 1 is 1.33 bits per heavy atom. The number of hydrogen-bond acceptors (Lipinski definition) is 2. The number of benzene rings is 1. The summed E-state index contributed by atoms with van der Waals surface area (Å²) >= 11 is 0. The number of carbonyl (C=O) groups is 2. The summed E-state index contributed by atoms with van der Waals surface area (Å²) in [5.41, 5.74) is 0.551. The maximum atomic E-state index is 13.5. The van der Waals surface area contributed by atoms with E-state index >= 15 is 0 Å². The van der Waals surface area contributed by atoms with Crippen molar-refractivity contribution in [2.75, 3.05) is 6.54 Å². The Morgan fingerprint density at radius 3 is 2.81 bits per heavy atom. The minimum absolute atomic E-state index is 0.0915.